The van der Waals surface area contributed by atoms with E-state index in [0.29, 0.717) is 11.4 Å². The van der Waals surface area contributed by atoms with Gasteiger partial charge in [-0.15, -0.1) is 5.10 Å². The van der Waals surface area contributed by atoms with Gasteiger partial charge < -0.3 is 5.32 Å². The van der Waals surface area contributed by atoms with E-state index in [1.54, 1.807) is 45.0 Å². The summed E-state index contributed by atoms with van der Waals surface area (Å²) in [6, 6.07) is 15.3. The second-order valence-electron chi connectivity index (χ2n) is 7.68. The fraction of sp³-hybridized carbons (Fsp3) is 0.130. The molecule has 0 aliphatic heterocycles. The van der Waals surface area contributed by atoms with E-state index in [-0.39, 0.29) is 27.5 Å². The number of halogens is 1. The van der Waals surface area contributed by atoms with Gasteiger partial charge in [-0.1, -0.05) is 24.3 Å². The van der Waals surface area contributed by atoms with Gasteiger partial charge in [-0.2, -0.15) is 4.68 Å². The van der Waals surface area contributed by atoms with Crippen molar-refractivity contribution in [2.45, 2.75) is 25.7 Å². The normalized spacial score (nSPS) is 11.3. The Hall–Kier alpha value is -4.12. The number of rotatable bonds is 6. The summed E-state index contributed by atoms with van der Waals surface area (Å²) in [7, 11) is -3.95. The van der Waals surface area contributed by atoms with Gasteiger partial charge in [0.25, 0.3) is 15.9 Å². The molecule has 34 heavy (non-hydrogen) atoms. The van der Waals surface area contributed by atoms with E-state index in [9.17, 15) is 17.6 Å². The highest BCUT2D eigenvalue weighted by Gasteiger charge is 2.21. The molecule has 0 saturated carbocycles. The Morgan fingerprint density at radius 2 is 1.76 bits per heavy atom. The van der Waals surface area contributed by atoms with Crippen molar-refractivity contribution in [1.29, 1.82) is 0 Å². The van der Waals surface area contributed by atoms with Gasteiger partial charge >= 0.3 is 0 Å². The molecular weight excluding hydrogens is 459 g/mol. The van der Waals surface area contributed by atoms with Crippen molar-refractivity contribution < 1.29 is 17.6 Å². The molecule has 174 valence electrons. The number of hydrogen-bond donors (Lipinski definition) is 2. The molecule has 1 heterocycles. The van der Waals surface area contributed by atoms with Gasteiger partial charge in [-0.05, 0) is 78.7 Å². The Morgan fingerprint density at radius 1 is 1.00 bits per heavy atom. The van der Waals surface area contributed by atoms with Crippen molar-refractivity contribution >= 4 is 27.3 Å². The van der Waals surface area contributed by atoms with Crippen molar-refractivity contribution in [2.24, 2.45) is 0 Å². The second-order valence-corrected chi connectivity index (χ2v) is 9.33. The number of anilines is 2. The number of nitrogens with one attached hydrogen (secondary N) is 2. The number of aromatic nitrogens is 4. The van der Waals surface area contributed by atoms with Gasteiger partial charge in [0.1, 0.15) is 11.5 Å². The van der Waals surface area contributed by atoms with E-state index in [2.05, 4.69) is 25.6 Å². The quantitative estimate of drug-likeness (QED) is 0.434. The average Bonchev–Trinajstić information content (AvgIpc) is 3.22. The summed E-state index contributed by atoms with van der Waals surface area (Å²) in [5.41, 5.74) is 1.92. The molecule has 0 radical (unpaired) electrons. The van der Waals surface area contributed by atoms with Crippen LogP contribution in [0.2, 0.25) is 0 Å². The summed E-state index contributed by atoms with van der Waals surface area (Å²) < 4.78 is 44.1. The fourth-order valence-electron chi connectivity index (χ4n) is 3.37. The van der Waals surface area contributed by atoms with Gasteiger partial charge in [0, 0.05) is 5.69 Å². The molecule has 0 saturated heterocycles. The summed E-state index contributed by atoms with van der Waals surface area (Å²) >= 11 is 0. The van der Waals surface area contributed by atoms with E-state index < -0.39 is 21.7 Å². The highest BCUT2D eigenvalue weighted by Crippen LogP contribution is 2.25. The lowest BCUT2D eigenvalue weighted by Gasteiger charge is -2.15. The zero-order valence-electron chi connectivity index (χ0n) is 18.6. The number of aryl methyl sites for hydroxylation is 3. The van der Waals surface area contributed by atoms with Crippen molar-refractivity contribution in [3.63, 3.8) is 0 Å². The van der Waals surface area contributed by atoms with Crippen molar-refractivity contribution in [3.05, 3.63) is 89.0 Å². The summed E-state index contributed by atoms with van der Waals surface area (Å²) in [4.78, 5) is 13.2. The molecule has 0 fully saturated rings. The first-order valence-electron chi connectivity index (χ1n) is 10.2. The summed E-state index contributed by atoms with van der Waals surface area (Å²) in [5, 5.41) is 13.7. The van der Waals surface area contributed by atoms with E-state index in [1.165, 1.54) is 35.0 Å². The minimum Gasteiger partial charge on any atom is -0.322 e. The van der Waals surface area contributed by atoms with E-state index in [1.807, 2.05) is 6.07 Å². The molecular formula is C23H21FN6O3S. The number of tetrazole rings is 1. The van der Waals surface area contributed by atoms with Crippen LogP contribution >= 0.6 is 0 Å². The van der Waals surface area contributed by atoms with Crippen LogP contribution in [0.4, 0.5) is 15.8 Å². The van der Waals surface area contributed by atoms with Gasteiger partial charge in [-0.3, -0.25) is 9.52 Å². The topological polar surface area (TPSA) is 119 Å². The minimum atomic E-state index is -3.95. The van der Waals surface area contributed by atoms with Crippen LogP contribution in [-0.2, 0) is 10.0 Å². The zero-order valence-corrected chi connectivity index (χ0v) is 19.4. The van der Waals surface area contributed by atoms with Crippen molar-refractivity contribution in [3.8, 4) is 5.69 Å². The molecule has 0 aliphatic carbocycles. The Bertz CT molecular complexity index is 1500. The number of para-hydroxylation sites is 1. The standard InChI is InChI=1S/C23H21FN6O3S/c1-14-8-9-15(2)22(12-14)34(32,33)27-20-7-5-4-6-18(20)23(31)25-17-10-11-19(24)21(13-17)30-16(3)26-28-29-30/h4-13,27H,1-3H3,(H,25,31). The molecule has 1 amide bonds. The maximum atomic E-state index is 14.3. The minimum absolute atomic E-state index is 0.0595. The van der Waals surface area contributed by atoms with Gasteiger partial charge in [0.15, 0.2) is 5.82 Å². The van der Waals surface area contributed by atoms with Gasteiger partial charge in [0.2, 0.25) is 0 Å². The van der Waals surface area contributed by atoms with Crippen LogP contribution < -0.4 is 10.0 Å². The van der Waals surface area contributed by atoms with Gasteiger partial charge in [0.05, 0.1) is 16.1 Å². The number of nitrogens with zero attached hydrogens (tertiary/aromatic N) is 4. The maximum absolute atomic E-state index is 14.3. The first-order valence-corrected chi connectivity index (χ1v) is 11.7. The Kier molecular flexibility index (Phi) is 6.12. The van der Waals surface area contributed by atoms with E-state index in [4.69, 9.17) is 0 Å². The molecule has 3 aromatic carbocycles. The lowest BCUT2D eigenvalue weighted by Crippen LogP contribution is -2.19. The molecule has 0 spiro atoms. The summed E-state index contributed by atoms with van der Waals surface area (Å²) in [6.07, 6.45) is 0. The highest BCUT2D eigenvalue weighted by molar-refractivity contribution is 7.92. The number of hydrogen-bond acceptors (Lipinski definition) is 6. The van der Waals surface area contributed by atoms with Crippen LogP contribution in [-0.4, -0.2) is 34.5 Å². The van der Waals surface area contributed by atoms with Crippen molar-refractivity contribution in [1.82, 2.24) is 20.2 Å². The summed E-state index contributed by atoms with van der Waals surface area (Å²) in [5.74, 6) is -0.783. The third-order valence-corrected chi connectivity index (χ3v) is 6.61. The molecule has 9 nitrogen and oxygen atoms in total. The molecule has 4 aromatic rings. The van der Waals surface area contributed by atoms with E-state index >= 15 is 0 Å². The predicted octanol–water partition coefficient (Wildman–Crippen LogP) is 3.78. The lowest BCUT2D eigenvalue weighted by atomic mass is 10.1. The monoisotopic (exact) mass is 480 g/mol. The van der Waals surface area contributed by atoms with Crippen LogP contribution in [0.5, 0.6) is 0 Å². The SMILES string of the molecule is Cc1ccc(C)c(S(=O)(=O)Nc2ccccc2C(=O)Nc2ccc(F)c(-n3nnnc3C)c2)c1. The third kappa shape index (κ3) is 4.64. The zero-order chi connectivity index (χ0) is 24.5. The first-order chi connectivity index (χ1) is 16.2. The highest BCUT2D eigenvalue weighted by atomic mass is 32.2. The smallest absolute Gasteiger partial charge is 0.262 e. The maximum Gasteiger partial charge on any atom is 0.262 e. The second kappa shape index (κ2) is 9.02. The Labute approximate surface area is 195 Å². The predicted molar refractivity (Wildman–Crippen MR) is 125 cm³/mol. The first kappa shape index (κ1) is 23.1. The molecule has 2 N–H and O–H groups in total. The Morgan fingerprint density at radius 3 is 2.50 bits per heavy atom. The summed E-state index contributed by atoms with van der Waals surface area (Å²) in [6.45, 7) is 5.11. The molecule has 0 unspecified atom stereocenters. The molecule has 0 bridgehead atoms. The average molecular weight is 481 g/mol. The number of sulfonamides is 1. The Balaban J connectivity index is 1.63. The van der Waals surface area contributed by atoms with Crippen LogP contribution in [0.3, 0.4) is 0 Å². The largest absolute Gasteiger partial charge is 0.322 e. The molecule has 4 rings (SSSR count). The third-order valence-electron chi connectivity index (χ3n) is 5.11. The van der Waals surface area contributed by atoms with Crippen LogP contribution in [0.1, 0.15) is 27.3 Å². The van der Waals surface area contributed by atoms with Crippen molar-refractivity contribution in [2.75, 3.05) is 10.0 Å². The van der Waals surface area contributed by atoms with Crippen LogP contribution in [0, 0.1) is 26.6 Å². The molecule has 11 heteroatoms. The van der Waals surface area contributed by atoms with Crippen LogP contribution in [0.15, 0.2) is 65.6 Å². The van der Waals surface area contributed by atoms with Gasteiger partial charge in [-0.25, -0.2) is 12.8 Å². The number of carbonyl (C=O) groups is 1. The van der Waals surface area contributed by atoms with E-state index in [0.717, 1.165) is 5.56 Å². The number of carbonyl (C=O) groups excluding carboxylic acids is 1. The lowest BCUT2D eigenvalue weighted by molar-refractivity contribution is 0.102. The molecule has 0 aliphatic rings. The molecule has 1 aromatic heterocycles. The number of amides is 1. The fourth-order valence-corrected chi connectivity index (χ4v) is 4.78. The van der Waals surface area contributed by atoms with Crippen LogP contribution in [0.25, 0.3) is 5.69 Å². The molecule has 0 atom stereocenters. The number of benzene rings is 3.